The normalized spacial score (nSPS) is 13.0. The van der Waals surface area contributed by atoms with Gasteiger partial charge >= 0.3 is 0 Å². The van der Waals surface area contributed by atoms with Gasteiger partial charge in [-0.1, -0.05) is 47.7 Å². The largest absolute Gasteiger partial charge is 0.319 e. The molecule has 0 amide bonds. The van der Waals surface area contributed by atoms with Crippen molar-refractivity contribution < 1.29 is 0 Å². The van der Waals surface area contributed by atoms with Crippen LogP contribution in [0, 0.1) is 13.8 Å². The zero-order valence-corrected chi connectivity index (χ0v) is 12.1. The van der Waals surface area contributed by atoms with Crippen molar-refractivity contribution in [3.63, 3.8) is 0 Å². The second-order valence-corrected chi connectivity index (χ2v) is 5.86. The maximum atomic E-state index is 6.37. The summed E-state index contributed by atoms with van der Waals surface area (Å²) >= 11 is 1.41. The first kappa shape index (κ1) is 13.2. The van der Waals surface area contributed by atoms with Crippen LogP contribution in [0.4, 0.5) is 0 Å². The van der Waals surface area contributed by atoms with Crippen LogP contribution in [0.5, 0.6) is 0 Å². The van der Waals surface area contributed by atoms with E-state index in [-0.39, 0.29) is 6.04 Å². The van der Waals surface area contributed by atoms with Crippen molar-refractivity contribution in [2.75, 3.05) is 0 Å². The molecule has 2 N–H and O–H groups in total. The topological polar surface area (TPSA) is 51.8 Å². The van der Waals surface area contributed by atoms with Gasteiger partial charge in [-0.3, -0.25) is 0 Å². The highest BCUT2D eigenvalue weighted by molar-refractivity contribution is 7.05. The number of nitrogens with zero attached hydrogens (tertiary/aromatic N) is 2. The Morgan fingerprint density at radius 1 is 1.11 bits per heavy atom. The zero-order valence-electron chi connectivity index (χ0n) is 11.3. The first-order valence-electron chi connectivity index (χ1n) is 6.15. The highest BCUT2D eigenvalue weighted by atomic mass is 32.1. The summed E-state index contributed by atoms with van der Waals surface area (Å²) in [6, 6.07) is 6.31. The van der Waals surface area contributed by atoms with E-state index in [0.717, 1.165) is 16.1 Å². The molecule has 4 heteroatoms. The van der Waals surface area contributed by atoms with Gasteiger partial charge in [-0.2, -0.15) is 0 Å². The molecule has 0 aliphatic heterocycles. The summed E-state index contributed by atoms with van der Waals surface area (Å²) in [4.78, 5) is 1.08. The summed E-state index contributed by atoms with van der Waals surface area (Å²) in [6.07, 6.45) is 0. The molecule has 0 fully saturated rings. The molecule has 0 aliphatic rings. The minimum Gasteiger partial charge on any atom is -0.319 e. The molecule has 0 saturated carbocycles. The predicted molar refractivity (Wildman–Crippen MR) is 75.9 cm³/mol. The molecule has 0 bridgehead atoms. The maximum absolute atomic E-state index is 6.37. The van der Waals surface area contributed by atoms with E-state index in [2.05, 4.69) is 55.5 Å². The van der Waals surface area contributed by atoms with Gasteiger partial charge in [-0.25, -0.2) is 0 Å². The van der Waals surface area contributed by atoms with Crippen molar-refractivity contribution in [2.24, 2.45) is 5.73 Å². The highest BCUT2D eigenvalue weighted by Crippen LogP contribution is 2.29. The molecule has 1 aromatic carbocycles. The number of rotatable bonds is 3. The molecule has 3 nitrogen and oxygen atoms in total. The monoisotopic (exact) mass is 261 g/mol. The van der Waals surface area contributed by atoms with Gasteiger partial charge in [0, 0.05) is 0 Å². The number of aryl methyl sites for hydroxylation is 2. The maximum Gasteiger partial charge on any atom is 0.0832 e. The Hall–Kier alpha value is -1.26. The van der Waals surface area contributed by atoms with Crippen molar-refractivity contribution in [3.05, 3.63) is 45.5 Å². The third kappa shape index (κ3) is 2.60. The Morgan fingerprint density at radius 2 is 1.72 bits per heavy atom. The van der Waals surface area contributed by atoms with Gasteiger partial charge in [-0.05, 0) is 36.9 Å². The molecule has 0 spiro atoms. The first-order valence-corrected chi connectivity index (χ1v) is 6.92. The molecular weight excluding hydrogens is 242 g/mol. The second-order valence-electron chi connectivity index (χ2n) is 5.08. The van der Waals surface area contributed by atoms with Crippen LogP contribution < -0.4 is 5.73 Å². The number of hydrogen-bond acceptors (Lipinski definition) is 4. The summed E-state index contributed by atoms with van der Waals surface area (Å²) < 4.78 is 4.05. The lowest BCUT2D eigenvalue weighted by molar-refractivity contribution is 0.770. The molecule has 2 rings (SSSR count). The van der Waals surface area contributed by atoms with Crippen LogP contribution >= 0.6 is 11.5 Å². The van der Waals surface area contributed by atoms with Gasteiger partial charge < -0.3 is 5.73 Å². The smallest absolute Gasteiger partial charge is 0.0832 e. The number of hydrogen-bond donors (Lipinski definition) is 1. The van der Waals surface area contributed by atoms with E-state index in [1.165, 1.54) is 22.7 Å². The van der Waals surface area contributed by atoms with Crippen molar-refractivity contribution >= 4 is 11.5 Å². The SMILES string of the molecule is Cc1cc(C)cc(C(N)c2snnc2C(C)C)c1. The van der Waals surface area contributed by atoms with Crippen molar-refractivity contribution in [1.82, 2.24) is 9.59 Å². The fourth-order valence-electron chi connectivity index (χ4n) is 2.16. The Balaban J connectivity index is 2.41. The molecule has 1 atom stereocenters. The third-order valence-corrected chi connectivity index (χ3v) is 3.80. The van der Waals surface area contributed by atoms with Gasteiger partial charge in [-0.15, -0.1) is 5.10 Å². The van der Waals surface area contributed by atoms with E-state index in [9.17, 15) is 0 Å². The molecule has 0 aliphatic carbocycles. The average Bonchev–Trinajstić information content (AvgIpc) is 2.75. The number of aromatic nitrogens is 2. The lowest BCUT2D eigenvalue weighted by Gasteiger charge is -2.14. The van der Waals surface area contributed by atoms with E-state index in [1.807, 2.05) is 0 Å². The molecule has 18 heavy (non-hydrogen) atoms. The van der Waals surface area contributed by atoms with Crippen LogP contribution in [0.3, 0.4) is 0 Å². The molecule has 2 aromatic rings. The Kier molecular flexibility index (Phi) is 3.78. The number of benzene rings is 1. The fraction of sp³-hybridized carbons (Fsp3) is 0.429. The lowest BCUT2D eigenvalue weighted by Crippen LogP contribution is -2.13. The van der Waals surface area contributed by atoms with E-state index in [0.29, 0.717) is 5.92 Å². The average molecular weight is 261 g/mol. The summed E-state index contributed by atoms with van der Waals surface area (Å²) in [5.41, 5.74) is 11.0. The highest BCUT2D eigenvalue weighted by Gasteiger charge is 2.19. The molecule has 1 aromatic heterocycles. The van der Waals surface area contributed by atoms with Gasteiger partial charge in [0.25, 0.3) is 0 Å². The lowest BCUT2D eigenvalue weighted by atomic mass is 9.98. The number of nitrogens with two attached hydrogens (primary N) is 1. The minimum absolute atomic E-state index is 0.124. The van der Waals surface area contributed by atoms with Crippen LogP contribution in [-0.2, 0) is 0 Å². The second kappa shape index (κ2) is 5.16. The van der Waals surface area contributed by atoms with E-state index in [1.54, 1.807) is 0 Å². The molecule has 96 valence electrons. The summed E-state index contributed by atoms with van der Waals surface area (Å²) in [5, 5.41) is 4.20. The van der Waals surface area contributed by atoms with Crippen molar-refractivity contribution in [2.45, 2.75) is 39.7 Å². The molecule has 1 heterocycles. The van der Waals surface area contributed by atoms with Gasteiger partial charge in [0.2, 0.25) is 0 Å². The fourth-order valence-corrected chi connectivity index (χ4v) is 3.00. The molecule has 0 radical (unpaired) electrons. The zero-order chi connectivity index (χ0) is 13.3. The summed E-state index contributed by atoms with van der Waals surface area (Å²) in [5.74, 6) is 0.357. The van der Waals surface area contributed by atoms with Crippen molar-refractivity contribution in [3.8, 4) is 0 Å². The summed E-state index contributed by atoms with van der Waals surface area (Å²) in [7, 11) is 0. The quantitative estimate of drug-likeness (QED) is 0.922. The van der Waals surface area contributed by atoms with E-state index < -0.39 is 0 Å². The van der Waals surface area contributed by atoms with Crippen LogP contribution in [0.15, 0.2) is 18.2 Å². The van der Waals surface area contributed by atoms with E-state index in [4.69, 9.17) is 5.73 Å². The Morgan fingerprint density at radius 3 is 2.28 bits per heavy atom. The van der Waals surface area contributed by atoms with Gasteiger partial charge in [0.1, 0.15) is 0 Å². The molecular formula is C14H19N3S. The summed E-state index contributed by atoms with van der Waals surface area (Å²) in [6.45, 7) is 8.43. The van der Waals surface area contributed by atoms with Gasteiger partial charge in [0.05, 0.1) is 16.6 Å². The van der Waals surface area contributed by atoms with Gasteiger partial charge in [0.15, 0.2) is 0 Å². The van der Waals surface area contributed by atoms with E-state index >= 15 is 0 Å². The van der Waals surface area contributed by atoms with Crippen LogP contribution in [0.1, 0.15) is 53.1 Å². The third-order valence-electron chi connectivity index (χ3n) is 2.97. The minimum atomic E-state index is -0.124. The Bertz CT molecular complexity index is 525. The van der Waals surface area contributed by atoms with Crippen LogP contribution in [-0.4, -0.2) is 9.59 Å². The van der Waals surface area contributed by atoms with Crippen molar-refractivity contribution in [1.29, 1.82) is 0 Å². The molecule has 0 saturated heterocycles. The molecule has 1 unspecified atom stereocenters. The van der Waals surface area contributed by atoms with Crippen LogP contribution in [0.2, 0.25) is 0 Å². The standard InChI is InChI=1S/C14H19N3S/c1-8(2)13-14(18-17-16-13)12(15)11-6-9(3)5-10(4)7-11/h5-8,12H,15H2,1-4H3. The van der Waals surface area contributed by atoms with Crippen LogP contribution in [0.25, 0.3) is 0 Å². The predicted octanol–water partition coefficient (Wildman–Crippen LogP) is 3.33. The first-order chi connectivity index (χ1) is 8.49. The Labute approximate surface area is 112 Å².